The van der Waals surface area contributed by atoms with E-state index < -0.39 is 64.4 Å². The molecule has 0 saturated carbocycles. The Morgan fingerprint density at radius 1 is 0.453 bits per heavy atom. The van der Waals surface area contributed by atoms with E-state index in [0.29, 0.717) is 19.3 Å². The van der Waals surface area contributed by atoms with Gasteiger partial charge in [0.25, 0.3) is 0 Å². The van der Waals surface area contributed by atoms with Crippen LogP contribution in [0.15, 0.2) is 97.2 Å². The summed E-state index contributed by atoms with van der Waals surface area (Å²) in [6.07, 6.45) is 51.3. The van der Waals surface area contributed by atoms with Crippen molar-refractivity contribution in [3.05, 3.63) is 97.2 Å². The van der Waals surface area contributed by atoms with Gasteiger partial charge in [0.05, 0.1) is 19.8 Å². The van der Waals surface area contributed by atoms with Crippen LogP contribution in [0.5, 0.6) is 0 Å². The van der Waals surface area contributed by atoms with Gasteiger partial charge in [0, 0.05) is 19.3 Å². The highest BCUT2D eigenvalue weighted by Crippen LogP contribution is 2.43. The maximum Gasteiger partial charge on any atom is 0.472 e. The van der Waals surface area contributed by atoms with Crippen LogP contribution in [0.1, 0.15) is 175 Å². The topological polar surface area (TPSA) is 155 Å². The molecule has 0 spiro atoms. The number of aliphatic hydroxyl groups excluding tert-OH is 1. The highest BCUT2D eigenvalue weighted by molar-refractivity contribution is 7.47. The van der Waals surface area contributed by atoms with E-state index in [0.717, 1.165) is 83.5 Å². The summed E-state index contributed by atoms with van der Waals surface area (Å²) in [5.74, 6) is -1.63. The average molecular weight is 917 g/mol. The van der Waals surface area contributed by atoms with Crippen LogP contribution in [0.3, 0.4) is 0 Å². The number of allylic oxidation sites excluding steroid dienone is 16. The highest BCUT2D eigenvalue weighted by atomic mass is 31.2. The molecule has 0 heterocycles. The molecule has 0 bridgehead atoms. The first-order valence-electron chi connectivity index (χ1n) is 24.1. The van der Waals surface area contributed by atoms with Crippen LogP contribution in [0.2, 0.25) is 0 Å². The molecular weight excluding hydrogens is 832 g/mol. The fourth-order valence-electron chi connectivity index (χ4n) is 5.89. The van der Waals surface area contributed by atoms with Gasteiger partial charge in [-0.15, -0.1) is 0 Å². The SMILES string of the molecule is CC/C=C\C/C=C\C/C=C\C/C=C\CCCCC(=O)OC(COC(=O)CC/C=C\C/C=C\C/C=C\C/C=C\CC)COP(=O)(O)OCC(CO)OC(=O)CCCCCCCCCCC. The van der Waals surface area contributed by atoms with Crippen molar-refractivity contribution in [1.82, 2.24) is 0 Å². The second-order valence-corrected chi connectivity index (χ2v) is 17.0. The normalized spacial score (nSPS) is 14.4. The number of carbonyl (C=O) groups excluding carboxylic acids is 3. The van der Waals surface area contributed by atoms with Crippen molar-refractivity contribution >= 4 is 25.7 Å². The summed E-state index contributed by atoms with van der Waals surface area (Å²) in [6, 6.07) is 0. The lowest BCUT2D eigenvalue weighted by Crippen LogP contribution is -2.30. The predicted molar refractivity (Wildman–Crippen MR) is 260 cm³/mol. The van der Waals surface area contributed by atoms with E-state index in [2.05, 4.69) is 106 Å². The van der Waals surface area contributed by atoms with E-state index in [1.165, 1.54) is 32.1 Å². The number of hydrogen-bond donors (Lipinski definition) is 2. The Hall–Kier alpha value is -3.60. The van der Waals surface area contributed by atoms with Gasteiger partial charge >= 0.3 is 25.7 Å². The lowest BCUT2D eigenvalue weighted by molar-refractivity contribution is -0.161. The summed E-state index contributed by atoms with van der Waals surface area (Å²) < 4.78 is 39.1. The molecule has 364 valence electrons. The van der Waals surface area contributed by atoms with E-state index in [1.807, 2.05) is 12.2 Å². The quantitative estimate of drug-likeness (QED) is 0.0197. The summed E-state index contributed by atoms with van der Waals surface area (Å²) >= 11 is 0. The molecule has 3 unspecified atom stereocenters. The molecule has 0 fully saturated rings. The van der Waals surface area contributed by atoms with Gasteiger partial charge in [0.1, 0.15) is 12.7 Å². The van der Waals surface area contributed by atoms with E-state index >= 15 is 0 Å². The number of hydrogen-bond acceptors (Lipinski definition) is 10. The number of phosphoric acid groups is 1. The zero-order chi connectivity index (χ0) is 47.0. The Bertz CT molecular complexity index is 1440. The Kier molecular flexibility index (Phi) is 43.4. The number of phosphoric ester groups is 1. The zero-order valence-corrected chi connectivity index (χ0v) is 40.6. The van der Waals surface area contributed by atoms with E-state index in [4.69, 9.17) is 23.3 Å². The second kappa shape index (κ2) is 45.9. The van der Waals surface area contributed by atoms with Crippen LogP contribution >= 0.6 is 7.82 Å². The van der Waals surface area contributed by atoms with Crippen LogP contribution in [-0.2, 0) is 42.2 Å². The van der Waals surface area contributed by atoms with Crippen LogP contribution in [0.25, 0.3) is 0 Å². The van der Waals surface area contributed by atoms with Gasteiger partial charge < -0.3 is 24.2 Å². The molecule has 0 aromatic carbocycles. The van der Waals surface area contributed by atoms with E-state index in [1.54, 1.807) is 0 Å². The molecule has 11 nitrogen and oxygen atoms in total. The summed E-state index contributed by atoms with van der Waals surface area (Å²) in [5.41, 5.74) is 0. The molecular formula is C52H85O11P. The third-order valence-electron chi connectivity index (χ3n) is 9.52. The molecule has 0 aliphatic carbocycles. The summed E-state index contributed by atoms with van der Waals surface area (Å²) in [6.45, 7) is 4.21. The molecule has 3 atom stereocenters. The first kappa shape index (κ1) is 60.4. The van der Waals surface area contributed by atoms with Gasteiger partial charge in [0.2, 0.25) is 0 Å². The average Bonchev–Trinajstić information content (AvgIpc) is 3.28. The standard InChI is InChI=1S/C52H85O11P/c1-4-7-10-13-16-19-21-23-24-26-28-31-34-37-40-43-52(56)63-49(45-59-50(54)41-38-35-32-30-27-25-22-20-17-14-11-8-5-2)47-61-64(57,58)60-46-48(44-53)62-51(55)42-39-36-33-29-18-15-12-9-6-3/h7-8,10-11,16-17,19-20,23-25,27-28,31-32,35,48-49,53H,4-6,9,12-15,18,21-22,26,29-30,33-34,36-47H2,1-3H3,(H,57,58)/b10-7-,11-8-,19-16-,20-17-,24-23-,27-25-,31-28-,35-32-. The Morgan fingerprint density at radius 3 is 1.31 bits per heavy atom. The van der Waals surface area contributed by atoms with Gasteiger partial charge in [-0.1, -0.05) is 169 Å². The van der Waals surface area contributed by atoms with E-state index in [9.17, 15) is 28.9 Å². The van der Waals surface area contributed by atoms with Crippen LogP contribution in [-0.4, -0.2) is 66.5 Å². The second-order valence-electron chi connectivity index (χ2n) is 15.5. The fourth-order valence-corrected chi connectivity index (χ4v) is 6.67. The summed E-state index contributed by atoms with van der Waals surface area (Å²) in [4.78, 5) is 48.1. The van der Waals surface area contributed by atoms with Crippen molar-refractivity contribution in [3.8, 4) is 0 Å². The van der Waals surface area contributed by atoms with Crippen LogP contribution < -0.4 is 0 Å². The molecule has 12 heteroatoms. The summed E-state index contributed by atoms with van der Waals surface area (Å²) in [5, 5.41) is 9.72. The number of aliphatic hydroxyl groups is 1. The minimum absolute atomic E-state index is 0.0923. The Labute approximate surface area is 387 Å². The number of esters is 3. The lowest BCUT2D eigenvalue weighted by atomic mass is 10.1. The first-order valence-corrected chi connectivity index (χ1v) is 25.6. The lowest BCUT2D eigenvalue weighted by Gasteiger charge is -2.21. The number of unbranched alkanes of at least 4 members (excludes halogenated alkanes) is 10. The molecule has 0 rings (SSSR count). The van der Waals surface area contributed by atoms with Gasteiger partial charge in [-0.2, -0.15) is 0 Å². The molecule has 0 aromatic heterocycles. The molecule has 0 radical (unpaired) electrons. The van der Waals surface area contributed by atoms with Crippen molar-refractivity contribution < 1.29 is 52.2 Å². The van der Waals surface area contributed by atoms with Crippen molar-refractivity contribution in [2.75, 3.05) is 26.4 Å². The molecule has 2 N–H and O–H groups in total. The Balaban J connectivity index is 4.94. The molecule has 0 amide bonds. The van der Waals surface area contributed by atoms with Gasteiger partial charge in [-0.25, -0.2) is 4.57 Å². The molecule has 0 saturated heterocycles. The minimum Gasteiger partial charge on any atom is -0.462 e. The zero-order valence-electron chi connectivity index (χ0n) is 39.7. The number of rotatable bonds is 43. The molecule has 0 aromatic rings. The largest absolute Gasteiger partial charge is 0.472 e. The monoisotopic (exact) mass is 917 g/mol. The maximum atomic E-state index is 12.8. The van der Waals surface area contributed by atoms with Crippen molar-refractivity contribution in [3.63, 3.8) is 0 Å². The molecule has 64 heavy (non-hydrogen) atoms. The van der Waals surface area contributed by atoms with Crippen LogP contribution in [0.4, 0.5) is 0 Å². The van der Waals surface area contributed by atoms with Crippen molar-refractivity contribution in [2.45, 2.75) is 187 Å². The highest BCUT2D eigenvalue weighted by Gasteiger charge is 2.28. The third-order valence-corrected chi connectivity index (χ3v) is 10.5. The molecule has 0 aliphatic rings. The first-order chi connectivity index (χ1) is 31.2. The van der Waals surface area contributed by atoms with Crippen molar-refractivity contribution in [2.24, 2.45) is 0 Å². The van der Waals surface area contributed by atoms with E-state index in [-0.39, 0.29) is 19.3 Å². The third kappa shape index (κ3) is 43.6. The molecule has 0 aliphatic heterocycles. The smallest absolute Gasteiger partial charge is 0.462 e. The number of carbonyl (C=O) groups is 3. The van der Waals surface area contributed by atoms with Crippen LogP contribution in [0, 0.1) is 0 Å². The minimum atomic E-state index is -4.76. The Morgan fingerprint density at radius 2 is 0.844 bits per heavy atom. The summed E-state index contributed by atoms with van der Waals surface area (Å²) in [7, 11) is -4.76. The predicted octanol–water partition coefficient (Wildman–Crippen LogP) is 13.4. The number of ether oxygens (including phenoxy) is 3. The van der Waals surface area contributed by atoms with Crippen molar-refractivity contribution in [1.29, 1.82) is 0 Å². The van der Waals surface area contributed by atoms with Gasteiger partial charge in [-0.3, -0.25) is 23.4 Å². The fraction of sp³-hybridized carbons (Fsp3) is 0.635. The van der Waals surface area contributed by atoms with Gasteiger partial charge in [0.15, 0.2) is 6.10 Å². The maximum absolute atomic E-state index is 12.8. The van der Waals surface area contributed by atoms with Gasteiger partial charge in [-0.05, 0) is 83.5 Å².